The van der Waals surface area contributed by atoms with E-state index in [9.17, 15) is 18.0 Å². The molecule has 0 aliphatic carbocycles. The van der Waals surface area contributed by atoms with Gasteiger partial charge in [-0.1, -0.05) is 13.3 Å². The first-order valence-corrected chi connectivity index (χ1v) is 5.64. The minimum atomic E-state index is -4.54. The lowest BCUT2D eigenvalue weighted by Gasteiger charge is -2.14. The molecule has 1 rings (SSSR count). The highest BCUT2D eigenvalue weighted by atomic mass is 19.4. The quantitative estimate of drug-likeness (QED) is 0.828. The predicted molar refractivity (Wildman–Crippen MR) is 61.0 cm³/mol. The molecule has 6 heteroatoms. The van der Waals surface area contributed by atoms with Crippen LogP contribution in [0.1, 0.15) is 35.7 Å². The number of nitrogens with zero attached hydrogens (tertiary/aromatic N) is 1. The van der Waals surface area contributed by atoms with E-state index in [1.807, 2.05) is 6.92 Å². The van der Waals surface area contributed by atoms with Gasteiger partial charge in [0.15, 0.2) is 5.78 Å². The number of rotatable bonds is 5. The lowest BCUT2D eigenvalue weighted by molar-refractivity contribution is -0.138. The van der Waals surface area contributed by atoms with Crippen molar-refractivity contribution in [3.63, 3.8) is 0 Å². The van der Waals surface area contributed by atoms with Crippen LogP contribution < -0.4 is 5.73 Å². The van der Waals surface area contributed by atoms with Crippen LogP contribution in [0.2, 0.25) is 0 Å². The maximum atomic E-state index is 12.7. The Hall–Kier alpha value is -1.43. The number of alkyl halides is 3. The van der Waals surface area contributed by atoms with E-state index in [4.69, 9.17) is 5.73 Å². The number of Topliss-reactive ketones (excluding diaryl/α,β-unsaturated/α-hetero) is 1. The van der Waals surface area contributed by atoms with E-state index < -0.39 is 17.5 Å². The third-order valence-corrected chi connectivity index (χ3v) is 2.81. The van der Waals surface area contributed by atoms with Crippen LogP contribution in [-0.2, 0) is 6.18 Å². The third-order valence-electron chi connectivity index (χ3n) is 2.81. The summed E-state index contributed by atoms with van der Waals surface area (Å²) < 4.78 is 38.1. The Balaban J connectivity index is 2.99. The molecule has 18 heavy (non-hydrogen) atoms. The maximum absolute atomic E-state index is 12.7. The summed E-state index contributed by atoms with van der Waals surface area (Å²) in [6.45, 7) is 2.13. The number of aromatic nitrogens is 1. The van der Waals surface area contributed by atoms with Crippen LogP contribution in [0.25, 0.3) is 0 Å². The monoisotopic (exact) mass is 260 g/mol. The fraction of sp³-hybridized carbons (Fsp3) is 0.500. The molecule has 0 aliphatic heterocycles. The molecule has 100 valence electrons. The summed E-state index contributed by atoms with van der Waals surface area (Å²) >= 11 is 0. The predicted octanol–water partition coefficient (Wildman–Crippen LogP) is 2.66. The third kappa shape index (κ3) is 3.53. The van der Waals surface area contributed by atoms with Crippen LogP contribution in [0.4, 0.5) is 13.2 Å². The molecule has 0 fully saturated rings. The molecule has 2 N–H and O–H groups in total. The van der Waals surface area contributed by atoms with Crippen molar-refractivity contribution in [1.82, 2.24) is 4.98 Å². The molecule has 0 aliphatic rings. The molecule has 0 saturated heterocycles. The number of carbonyl (C=O) groups is 1. The number of hydrogen-bond acceptors (Lipinski definition) is 3. The van der Waals surface area contributed by atoms with Crippen molar-refractivity contribution in [2.45, 2.75) is 25.9 Å². The first-order chi connectivity index (χ1) is 8.40. The number of carbonyl (C=O) groups excluding carboxylic acids is 1. The van der Waals surface area contributed by atoms with E-state index in [1.54, 1.807) is 0 Å². The van der Waals surface area contributed by atoms with Crippen molar-refractivity contribution in [2.75, 3.05) is 6.54 Å². The fourth-order valence-electron chi connectivity index (χ4n) is 1.63. The van der Waals surface area contributed by atoms with Gasteiger partial charge in [-0.25, -0.2) is 0 Å². The molecule has 0 aromatic carbocycles. The molecule has 1 aromatic rings. The van der Waals surface area contributed by atoms with E-state index in [0.717, 1.165) is 18.5 Å². The van der Waals surface area contributed by atoms with Crippen molar-refractivity contribution in [1.29, 1.82) is 0 Å². The second kappa shape index (κ2) is 5.95. The van der Waals surface area contributed by atoms with Gasteiger partial charge in [0.05, 0.1) is 5.56 Å². The Labute approximate surface area is 103 Å². The van der Waals surface area contributed by atoms with Gasteiger partial charge >= 0.3 is 6.18 Å². The molecule has 0 bridgehead atoms. The largest absolute Gasteiger partial charge is 0.417 e. The van der Waals surface area contributed by atoms with Crippen LogP contribution in [-0.4, -0.2) is 17.3 Å². The van der Waals surface area contributed by atoms with Gasteiger partial charge < -0.3 is 5.73 Å². The normalized spacial score (nSPS) is 13.4. The van der Waals surface area contributed by atoms with E-state index in [-0.39, 0.29) is 24.4 Å². The number of nitrogens with two attached hydrogens (primary N) is 1. The van der Waals surface area contributed by atoms with Gasteiger partial charge in [-0.2, -0.15) is 13.2 Å². The van der Waals surface area contributed by atoms with Crippen LogP contribution in [0.15, 0.2) is 18.5 Å². The van der Waals surface area contributed by atoms with Crippen molar-refractivity contribution < 1.29 is 18.0 Å². The average Bonchev–Trinajstić information content (AvgIpc) is 2.34. The molecule has 0 radical (unpaired) electrons. The zero-order valence-corrected chi connectivity index (χ0v) is 10.00. The summed E-state index contributed by atoms with van der Waals surface area (Å²) in [5, 5.41) is 0. The van der Waals surface area contributed by atoms with Crippen molar-refractivity contribution in [2.24, 2.45) is 11.7 Å². The zero-order valence-electron chi connectivity index (χ0n) is 10.00. The van der Waals surface area contributed by atoms with Crippen LogP contribution >= 0.6 is 0 Å². The zero-order chi connectivity index (χ0) is 13.8. The molecule has 0 amide bonds. The van der Waals surface area contributed by atoms with Crippen molar-refractivity contribution >= 4 is 5.78 Å². The smallest absolute Gasteiger partial charge is 0.330 e. The number of hydrogen-bond donors (Lipinski definition) is 1. The summed E-state index contributed by atoms with van der Waals surface area (Å²) in [6.07, 6.45) is -1.88. The van der Waals surface area contributed by atoms with Gasteiger partial charge in [0.25, 0.3) is 0 Å². The molecule has 1 unspecified atom stereocenters. The Kier molecular flexibility index (Phi) is 4.84. The molecule has 0 spiro atoms. The lowest BCUT2D eigenvalue weighted by Crippen LogP contribution is -2.20. The Morgan fingerprint density at radius 2 is 2.17 bits per heavy atom. The number of halogens is 3. The Bertz CT molecular complexity index is 414. The SMILES string of the molecule is CCC(CN)CC(=O)c1cnccc1C(F)(F)F. The van der Waals surface area contributed by atoms with Crippen molar-refractivity contribution in [3.05, 3.63) is 29.6 Å². The van der Waals surface area contributed by atoms with Gasteiger partial charge in [-0.15, -0.1) is 0 Å². The maximum Gasteiger partial charge on any atom is 0.417 e. The molecular formula is C12H15F3N2O. The topological polar surface area (TPSA) is 56.0 Å². The minimum absolute atomic E-state index is 0.0156. The van der Waals surface area contributed by atoms with Crippen molar-refractivity contribution in [3.8, 4) is 0 Å². The first-order valence-electron chi connectivity index (χ1n) is 5.64. The molecular weight excluding hydrogens is 245 g/mol. The van der Waals surface area contributed by atoms with Crippen LogP contribution in [0.5, 0.6) is 0 Å². The second-order valence-corrected chi connectivity index (χ2v) is 4.06. The van der Waals surface area contributed by atoms with Gasteiger partial charge in [0.2, 0.25) is 0 Å². The molecule has 1 heterocycles. The van der Waals surface area contributed by atoms with E-state index in [2.05, 4.69) is 4.98 Å². The highest BCUT2D eigenvalue weighted by Gasteiger charge is 2.35. The molecule has 1 aromatic heterocycles. The highest BCUT2D eigenvalue weighted by molar-refractivity contribution is 5.97. The fourth-order valence-corrected chi connectivity index (χ4v) is 1.63. The molecule has 1 atom stereocenters. The standard InChI is InChI=1S/C12H15F3N2O/c1-2-8(6-16)5-11(18)9-7-17-4-3-10(9)12(13,14)15/h3-4,7-8H,2,5-6,16H2,1H3. The summed E-state index contributed by atoms with van der Waals surface area (Å²) in [5.74, 6) is -0.661. The summed E-state index contributed by atoms with van der Waals surface area (Å²) in [6, 6.07) is 0.816. The first kappa shape index (κ1) is 14.6. The van der Waals surface area contributed by atoms with E-state index >= 15 is 0 Å². The van der Waals surface area contributed by atoms with E-state index in [0.29, 0.717) is 6.42 Å². The summed E-state index contributed by atoms with van der Waals surface area (Å²) in [7, 11) is 0. The van der Waals surface area contributed by atoms with Crippen LogP contribution in [0.3, 0.4) is 0 Å². The van der Waals surface area contributed by atoms with E-state index in [1.165, 1.54) is 0 Å². The van der Waals surface area contributed by atoms with Gasteiger partial charge in [-0.05, 0) is 18.5 Å². The number of pyridine rings is 1. The highest BCUT2D eigenvalue weighted by Crippen LogP contribution is 2.32. The average molecular weight is 260 g/mol. The number of ketones is 1. The van der Waals surface area contributed by atoms with Crippen LogP contribution in [0, 0.1) is 5.92 Å². The Morgan fingerprint density at radius 3 is 2.67 bits per heavy atom. The second-order valence-electron chi connectivity index (χ2n) is 4.06. The summed E-state index contributed by atoms with van der Waals surface area (Å²) in [4.78, 5) is 15.4. The Morgan fingerprint density at radius 1 is 1.50 bits per heavy atom. The minimum Gasteiger partial charge on any atom is -0.330 e. The van der Waals surface area contributed by atoms with Gasteiger partial charge in [0, 0.05) is 24.4 Å². The van der Waals surface area contributed by atoms with Gasteiger partial charge in [-0.3, -0.25) is 9.78 Å². The van der Waals surface area contributed by atoms with Gasteiger partial charge in [0.1, 0.15) is 0 Å². The lowest BCUT2D eigenvalue weighted by atomic mass is 9.95. The molecule has 3 nitrogen and oxygen atoms in total. The molecule has 0 saturated carbocycles. The summed E-state index contributed by atoms with van der Waals surface area (Å²) in [5.41, 5.74) is 4.13.